The van der Waals surface area contributed by atoms with Crippen LogP contribution in [0.3, 0.4) is 0 Å². The minimum absolute atomic E-state index is 0.181. The zero-order valence-electron chi connectivity index (χ0n) is 15.6. The molecular weight excluding hydrogens is 348 g/mol. The number of aromatic nitrogens is 1. The molecule has 0 aliphatic carbocycles. The van der Waals surface area contributed by atoms with Gasteiger partial charge < -0.3 is 14.5 Å². The van der Waals surface area contributed by atoms with Gasteiger partial charge in [-0.1, -0.05) is 6.07 Å². The highest BCUT2D eigenvalue weighted by Crippen LogP contribution is 2.21. The van der Waals surface area contributed by atoms with Crippen molar-refractivity contribution < 1.29 is 23.9 Å². The molecule has 7 heteroatoms. The Kier molecular flexibility index (Phi) is 6.14. The van der Waals surface area contributed by atoms with E-state index in [4.69, 9.17) is 14.7 Å². The van der Waals surface area contributed by atoms with Crippen molar-refractivity contribution >= 4 is 17.7 Å². The second-order valence-corrected chi connectivity index (χ2v) is 5.95. The molecule has 7 nitrogen and oxygen atoms in total. The van der Waals surface area contributed by atoms with Gasteiger partial charge in [0, 0.05) is 5.69 Å². The number of hydrogen-bond donors (Lipinski definition) is 1. The molecular formula is C20H20N2O5. The summed E-state index contributed by atoms with van der Waals surface area (Å²) in [6.45, 7) is 6.67. The largest absolute Gasteiger partial charge is 0.462 e. The smallest absolute Gasteiger partial charge is 0.340 e. The fraction of sp³-hybridized carbons (Fsp3) is 0.300. The lowest BCUT2D eigenvalue weighted by atomic mass is 10.1. The van der Waals surface area contributed by atoms with Crippen molar-refractivity contribution in [3.05, 3.63) is 57.9 Å². The normalized spacial score (nSPS) is 11.4. The molecule has 140 valence electrons. The molecule has 1 aromatic carbocycles. The maximum atomic E-state index is 12.7. The molecule has 0 spiro atoms. The predicted molar refractivity (Wildman–Crippen MR) is 96.6 cm³/mol. The van der Waals surface area contributed by atoms with Gasteiger partial charge in [0.05, 0.1) is 35.1 Å². The average Bonchev–Trinajstić information content (AvgIpc) is 2.95. The Morgan fingerprint density at radius 1 is 1.22 bits per heavy atom. The zero-order chi connectivity index (χ0) is 20.1. The third-order valence-corrected chi connectivity index (χ3v) is 4.04. The molecule has 1 aromatic heterocycles. The minimum Gasteiger partial charge on any atom is -0.462 e. The van der Waals surface area contributed by atoms with Crippen LogP contribution in [0, 0.1) is 25.2 Å². The molecule has 0 amide bonds. The van der Waals surface area contributed by atoms with Crippen LogP contribution in [-0.4, -0.2) is 35.4 Å². The van der Waals surface area contributed by atoms with E-state index in [-0.39, 0.29) is 17.9 Å². The van der Waals surface area contributed by atoms with Crippen molar-refractivity contribution in [2.24, 2.45) is 0 Å². The summed E-state index contributed by atoms with van der Waals surface area (Å²) in [7, 11) is 0. The molecule has 0 fully saturated rings. The van der Waals surface area contributed by atoms with Crippen LogP contribution in [0.2, 0.25) is 0 Å². The van der Waals surface area contributed by atoms with Gasteiger partial charge in [0.15, 0.2) is 6.10 Å². The number of ketones is 1. The van der Waals surface area contributed by atoms with E-state index in [2.05, 4.69) is 4.98 Å². The summed E-state index contributed by atoms with van der Waals surface area (Å²) in [6.07, 6.45) is -1.07. The molecule has 0 saturated carbocycles. The van der Waals surface area contributed by atoms with Crippen LogP contribution < -0.4 is 0 Å². The summed E-state index contributed by atoms with van der Waals surface area (Å²) < 4.78 is 10.2. The number of nitrogens with zero attached hydrogens (tertiary/aromatic N) is 1. The number of Topliss-reactive ketones (excluding diaryl/α,β-unsaturated/α-hetero) is 1. The summed E-state index contributed by atoms with van der Waals surface area (Å²) in [5, 5.41) is 8.91. The molecule has 2 rings (SSSR count). The van der Waals surface area contributed by atoms with E-state index in [1.807, 2.05) is 6.07 Å². The number of rotatable bonds is 6. The third-order valence-electron chi connectivity index (χ3n) is 4.04. The van der Waals surface area contributed by atoms with E-state index >= 15 is 0 Å². The van der Waals surface area contributed by atoms with Crippen LogP contribution >= 0.6 is 0 Å². The fourth-order valence-electron chi connectivity index (χ4n) is 2.71. The van der Waals surface area contributed by atoms with Crippen LogP contribution in [0.25, 0.3) is 0 Å². The molecule has 0 bridgehead atoms. The highest BCUT2D eigenvalue weighted by atomic mass is 16.5. The van der Waals surface area contributed by atoms with Crippen molar-refractivity contribution in [1.82, 2.24) is 4.98 Å². The fourth-order valence-corrected chi connectivity index (χ4v) is 2.71. The molecule has 1 heterocycles. The molecule has 1 N–H and O–H groups in total. The van der Waals surface area contributed by atoms with E-state index in [1.54, 1.807) is 32.9 Å². The number of esters is 2. The van der Waals surface area contributed by atoms with Crippen molar-refractivity contribution in [3.63, 3.8) is 0 Å². The Hall–Kier alpha value is -3.40. The molecule has 0 radical (unpaired) electrons. The van der Waals surface area contributed by atoms with Gasteiger partial charge >= 0.3 is 11.9 Å². The van der Waals surface area contributed by atoms with Crippen LogP contribution in [0.1, 0.15) is 61.9 Å². The van der Waals surface area contributed by atoms with Crippen LogP contribution in [0.15, 0.2) is 24.3 Å². The first-order valence-electron chi connectivity index (χ1n) is 8.41. The number of benzene rings is 1. The number of carbonyl (C=O) groups is 3. The highest BCUT2D eigenvalue weighted by Gasteiger charge is 2.27. The quantitative estimate of drug-likeness (QED) is 0.620. The van der Waals surface area contributed by atoms with Crippen molar-refractivity contribution in [1.29, 1.82) is 5.26 Å². The van der Waals surface area contributed by atoms with Gasteiger partial charge in [-0.2, -0.15) is 5.26 Å². The number of carbonyl (C=O) groups excluding carboxylic acids is 3. The summed E-state index contributed by atoms with van der Waals surface area (Å²) in [5.41, 5.74) is 1.96. The SMILES string of the molecule is CCOC(=O)c1c(C)[nH]c(C(=O)[C@@H](C)OC(=O)c2cccc(C#N)c2)c1C. The molecule has 2 aromatic rings. The van der Waals surface area contributed by atoms with Crippen molar-refractivity contribution in [2.75, 3.05) is 6.61 Å². The highest BCUT2D eigenvalue weighted by molar-refractivity contribution is 6.04. The van der Waals surface area contributed by atoms with Gasteiger partial charge in [-0.15, -0.1) is 0 Å². The topological polar surface area (TPSA) is 109 Å². The van der Waals surface area contributed by atoms with Crippen LogP contribution in [-0.2, 0) is 9.47 Å². The molecule has 0 unspecified atom stereocenters. The lowest BCUT2D eigenvalue weighted by molar-refractivity contribution is 0.0316. The Labute approximate surface area is 156 Å². The molecule has 0 aliphatic rings. The molecule has 1 atom stereocenters. The average molecular weight is 368 g/mol. The lowest BCUT2D eigenvalue weighted by Gasteiger charge is -2.12. The van der Waals surface area contributed by atoms with E-state index in [0.29, 0.717) is 22.4 Å². The zero-order valence-corrected chi connectivity index (χ0v) is 15.6. The summed E-state index contributed by atoms with van der Waals surface area (Å²) in [4.78, 5) is 39.9. The van der Waals surface area contributed by atoms with E-state index < -0.39 is 23.8 Å². The molecule has 27 heavy (non-hydrogen) atoms. The van der Waals surface area contributed by atoms with Crippen LogP contribution in [0.5, 0.6) is 0 Å². The number of hydrogen-bond acceptors (Lipinski definition) is 6. The molecule has 0 saturated heterocycles. The van der Waals surface area contributed by atoms with Crippen molar-refractivity contribution in [3.8, 4) is 6.07 Å². The summed E-state index contributed by atoms with van der Waals surface area (Å²) in [6, 6.07) is 7.96. The molecule has 0 aliphatic heterocycles. The monoisotopic (exact) mass is 368 g/mol. The van der Waals surface area contributed by atoms with E-state index in [0.717, 1.165) is 0 Å². The number of nitriles is 1. The maximum Gasteiger partial charge on any atom is 0.340 e. The van der Waals surface area contributed by atoms with Gasteiger partial charge in [0.1, 0.15) is 0 Å². The number of nitrogens with one attached hydrogen (secondary N) is 1. The first-order valence-corrected chi connectivity index (χ1v) is 8.41. The second kappa shape index (κ2) is 8.32. The van der Waals surface area contributed by atoms with E-state index in [1.165, 1.54) is 19.1 Å². The summed E-state index contributed by atoms with van der Waals surface area (Å²) in [5.74, 6) is -1.68. The lowest BCUT2D eigenvalue weighted by Crippen LogP contribution is -2.25. The number of aryl methyl sites for hydroxylation is 1. The Morgan fingerprint density at radius 2 is 1.93 bits per heavy atom. The van der Waals surface area contributed by atoms with Gasteiger partial charge in [-0.05, 0) is 51.5 Å². The Balaban J connectivity index is 2.20. The van der Waals surface area contributed by atoms with Gasteiger partial charge in [-0.3, -0.25) is 4.79 Å². The van der Waals surface area contributed by atoms with Gasteiger partial charge in [0.25, 0.3) is 0 Å². The standard InChI is InChI=1S/C20H20N2O5/c1-5-26-20(25)16-11(2)17(22-12(16)3)18(23)13(4)27-19(24)15-8-6-7-14(9-15)10-21/h6-9,13,22H,5H2,1-4H3/t13-/m1/s1. The maximum absolute atomic E-state index is 12.7. The third kappa shape index (κ3) is 4.23. The Morgan fingerprint density at radius 3 is 2.56 bits per heavy atom. The van der Waals surface area contributed by atoms with Crippen LogP contribution in [0.4, 0.5) is 0 Å². The first-order chi connectivity index (χ1) is 12.8. The second-order valence-electron chi connectivity index (χ2n) is 5.95. The Bertz CT molecular complexity index is 936. The van der Waals surface area contributed by atoms with Gasteiger partial charge in [0.2, 0.25) is 5.78 Å². The predicted octanol–water partition coefficient (Wildman–Crippen LogP) is 3.11. The first kappa shape index (κ1) is 19.9. The van der Waals surface area contributed by atoms with E-state index in [9.17, 15) is 14.4 Å². The number of ether oxygens (including phenoxy) is 2. The van der Waals surface area contributed by atoms with Crippen molar-refractivity contribution in [2.45, 2.75) is 33.8 Å². The minimum atomic E-state index is -1.07. The van der Waals surface area contributed by atoms with Gasteiger partial charge in [-0.25, -0.2) is 9.59 Å². The number of H-pyrrole nitrogens is 1. The number of aromatic amines is 1. The summed E-state index contributed by atoms with van der Waals surface area (Å²) >= 11 is 0.